The van der Waals surface area contributed by atoms with E-state index in [1.165, 1.54) is 5.56 Å². The highest BCUT2D eigenvalue weighted by molar-refractivity contribution is 7.17. The van der Waals surface area contributed by atoms with E-state index in [2.05, 4.69) is 64.8 Å². The van der Waals surface area contributed by atoms with Crippen molar-refractivity contribution in [2.75, 3.05) is 4.90 Å². The van der Waals surface area contributed by atoms with Crippen LogP contribution in [0, 0.1) is 0 Å². The highest BCUT2D eigenvalue weighted by Crippen LogP contribution is 2.30. The number of benzene rings is 2. The molecule has 0 amide bonds. The topological polar surface area (TPSA) is 57.9 Å². The Morgan fingerprint density at radius 1 is 1.17 bits per heavy atom. The minimum atomic E-state index is 0.157. The number of hydrogen-bond donors (Lipinski definition) is 0. The van der Waals surface area contributed by atoms with Crippen LogP contribution in [0.15, 0.2) is 65.3 Å². The third-order valence-corrected chi connectivity index (χ3v) is 6.09. The molecule has 0 aliphatic heterocycles. The number of thiazole rings is 1. The monoisotopic (exact) mass is 438 g/mol. The van der Waals surface area contributed by atoms with Gasteiger partial charge in [0.15, 0.2) is 11.4 Å². The molecule has 1 heterocycles. The van der Waals surface area contributed by atoms with Crippen molar-refractivity contribution in [2.45, 2.75) is 32.9 Å². The van der Waals surface area contributed by atoms with Crippen molar-refractivity contribution in [3.8, 4) is 0 Å². The van der Waals surface area contributed by atoms with Crippen LogP contribution in [0.5, 0.6) is 0 Å². The van der Waals surface area contributed by atoms with Crippen molar-refractivity contribution in [3.63, 3.8) is 0 Å². The number of halogens is 1. The number of aromatic nitrogens is 1. The number of carbonyl (C=O) groups is 1. The lowest BCUT2D eigenvalue weighted by atomic mass is 10.1. The second-order valence-corrected chi connectivity index (χ2v) is 8.18. The molecule has 0 N–H and O–H groups in total. The maximum absolute atomic E-state index is 10.9. The first-order chi connectivity index (χ1) is 14.5. The summed E-state index contributed by atoms with van der Waals surface area (Å²) in [5.41, 5.74) is 4.19. The lowest BCUT2D eigenvalue weighted by Gasteiger charge is -2.31. The van der Waals surface area contributed by atoms with Crippen LogP contribution in [0.25, 0.3) is 6.08 Å². The van der Waals surface area contributed by atoms with E-state index in [0.29, 0.717) is 28.0 Å². The maximum atomic E-state index is 10.9. The van der Waals surface area contributed by atoms with E-state index in [0.717, 1.165) is 35.6 Å². The van der Waals surface area contributed by atoms with E-state index in [4.69, 9.17) is 11.6 Å². The van der Waals surface area contributed by atoms with Crippen LogP contribution in [0.1, 0.15) is 41.1 Å². The fraction of sp³-hybridized carbons (Fsp3) is 0.217. The van der Waals surface area contributed by atoms with Gasteiger partial charge < -0.3 is 4.90 Å². The van der Waals surface area contributed by atoms with Gasteiger partial charge in [-0.05, 0) is 48.7 Å². The molecule has 0 saturated carbocycles. The number of rotatable bonds is 9. The molecule has 30 heavy (non-hydrogen) atoms. The minimum absolute atomic E-state index is 0.157. The van der Waals surface area contributed by atoms with Crippen LogP contribution in [0.4, 0.5) is 16.5 Å². The summed E-state index contributed by atoms with van der Waals surface area (Å²) in [5, 5.41) is 8.80. The van der Waals surface area contributed by atoms with Crippen LogP contribution in [-0.2, 0) is 6.54 Å². The highest BCUT2D eigenvalue weighted by Gasteiger charge is 2.14. The Hall–Kier alpha value is -2.83. The van der Waals surface area contributed by atoms with Gasteiger partial charge in [0.05, 0.1) is 5.69 Å². The van der Waals surface area contributed by atoms with Gasteiger partial charge in [-0.25, -0.2) is 4.98 Å². The molecular weight excluding hydrogens is 416 g/mol. The third kappa shape index (κ3) is 5.40. The molecular formula is C23H23ClN4OS. The summed E-state index contributed by atoms with van der Waals surface area (Å²) in [6, 6.07) is 16.8. The normalized spacial score (nSPS) is 12.1. The van der Waals surface area contributed by atoms with Gasteiger partial charge in [-0.2, -0.15) is 0 Å². The molecule has 0 aliphatic rings. The Kier molecular flexibility index (Phi) is 7.49. The molecule has 0 spiro atoms. The average Bonchev–Trinajstić information content (AvgIpc) is 3.16. The second-order valence-electron chi connectivity index (χ2n) is 6.82. The fourth-order valence-electron chi connectivity index (χ4n) is 2.91. The summed E-state index contributed by atoms with van der Waals surface area (Å²) in [6.45, 7) is 9.04. The van der Waals surface area contributed by atoms with Crippen LogP contribution in [0.2, 0.25) is 5.15 Å². The lowest BCUT2D eigenvalue weighted by molar-refractivity contribution is 0.112. The molecule has 0 fully saturated rings. The third-order valence-electron chi connectivity index (χ3n) is 4.83. The van der Waals surface area contributed by atoms with E-state index in [1.54, 1.807) is 0 Å². The summed E-state index contributed by atoms with van der Waals surface area (Å²) >= 11 is 6.98. The van der Waals surface area contributed by atoms with Gasteiger partial charge in [0, 0.05) is 18.3 Å². The zero-order chi connectivity index (χ0) is 21.5. The molecule has 1 unspecified atom stereocenters. The molecule has 7 heteroatoms. The number of azo groups is 1. The summed E-state index contributed by atoms with van der Waals surface area (Å²) in [7, 11) is 0. The van der Waals surface area contributed by atoms with Crippen molar-refractivity contribution >= 4 is 51.8 Å². The zero-order valence-corrected chi connectivity index (χ0v) is 18.5. The number of nitrogens with zero attached hydrogens (tertiary/aromatic N) is 4. The molecule has 5 nitrogen and oxygen atoms in total. The smallest absolute Gasteiger partial charge is 0.232 e. The van der Waals surface area contributed by atoms with E-state index in [9.17, 15) is 4.79 Å². The van der Waals surface area contributed by atoms with Gasteiger partial charge in [0.25, 0.3) is 0 Å². The second kappa shape index (κ2) is 10.3. The fourth-order valence-corrected chi connectivity index (χ4v) is 3.79. The van der Waals surface area contributed by atoms with Crippen LogP contribution >= 0.6 is 22.9 Å². The largest absolute Gasteiger partial charge is 0.365 e. The van der Waals surface area contributed by atoms with Gasteiger partial charge in [-0.3, -0.25) is 4.79 Å². The number of hydrogen-bond acceptors (Lipinski definition) is 6. The van der Waals surface area contributed by atoms with Crippen molar-refractivity contribution < 1.29 is 4.79 Å². The van der Waals surface area contributed by atoms with Gasteiger partial charge >= 0.3 is 0 Å². The minimum Gasteiger partial charge on any atom is -0.365 e. The van der Waals surface area contributed by atoms with E-state index in [1.807, 2.05) is 30.3 Å². The average molecular weight is 439 g/mol. The first-order valence-electron chi connectivity index (χ1n) is 9.65. The van der Waals surface area contributed by atoms with Gasteiger partial charge in [-0.15, -0.1) is 10.2 Å². The summed E-state index contributed by atoms with van der Waals surface area (Å²) in [4.78, 5) is 17.6. The van der Waals surface area contributed by atoms with Crippen LogP contribution in [-0.4, -0.2) is 17.3 Å². The standard InChI is InChI=1S/C23H23ClN4OS/c1-4-16(3)28(14-18-8-6-17(5-2)7-9-18)20-12-10-19(11-13-20)26-27-23-25-22(24)21(15-29)30-23/h5-13,15-16H,2,4,14H2,1,3H3/b27-26+. The van der Waals surface area contributed by atoms with Crippen molar-refractivity contribution in [3.05, 3.63) is 76.3 Å². The van der Waals surface area contributed by atoms with Crippen LogP contribution in [0.3, 0.4) is 0 Å². The van der Waals surface area contributed by atoms with Crippen LogP contribution < -0.4 is 4.90 Å². The zero-order valence-electron chi connectivity index (χ0n) is 17.0. The Morgan fingerprint density at radius 3 is 2.43 bits per heavy atom. The van der Waals surface area contributed by atoms with E-state index < -0.39 is 0 Å². The molecule has 154 valence electrons. The number of carbonyl (C=O) groups excluding carboxylic acids is 1. The Balaban J connectivity index is 1.76. The summed E-state index contributed by atoms with van der Waals surface area (Å²) in [6.07, 6.45) is 3.56. The van der Waals surface area contributed by atoms with Gasteiger partial charge in [0.2, 0.25) is 5.13 Å². The first-order valence-corrected chi connectivity index (χ1v) is 10.8. The Bertz CT molecular complexity index is 1030. The molecule has 2 aromatic carbocycles. The molecule has 1 aromatic heterocycles. The predicted octanol–water partition coefficient (Wildman–Crippen LogP) is 7.47. The van der Waals surface area contributed by atoms with Crippen molar-refractivity contribution in [2.24, 2.45) is 10.2 Å². The van der Waals surface area contributed by atoms with Gasteiger partial charge in [-0.1, -0.05) is 66.8 Å². The highest BCUT2D eigenvalue weighted by atomic mass is 35.5. The van der Waals surface area contributed by atoms with E-state index in [-0.39, 0.29) is 5.15 Å². The number of aldehydes is 1. The Morgan fingerprint density at radius 2 is 1.87 bits per heavy atom. The SMILES string of the molecule is C=Cc1ccc(CN(c2ccc(/N=N/c3nc(Cl)c(C=O)s3)cc2)C(C)CC)cc1. The Labute approximate surface area is 185 Å². The molecule has 0 aliphatic carbocycles. The molecule has 0 radical (unpaired) electrons. The molecule has 3 rings (SSSR count). The first kappa shape index (κ1) is 21.9. The van der Waals surface area contributed by atoms with Crippen molar-refractivity contribution in [1.82, 2.24) is 4.98 Å². The van der Waals surface area contributed by atoms with E-state index >= 15 is 0 Å². The van der Waals surface area contributed by atoms with Crippen molar-refractivity contribution in [1.29, 1.82) is 0 Å². The maximum Gasteiger partial charge on any atom is 0.232 e. The molecule has 0 bridgehead atoms. The predicted molar refractivity (Wildman–Crippen MR) is 126 cm³/mol. The molecule has 3 aromatic rings. The summed E-state index contributed by atoms with van der Waals surface area (Å²) < 4.78 is 0. The molecule has 1 atom stereocenters. The van der Waals surface area contributed by atoms with Gasteiger partial charge in [0.1, 0.15) is 4.88 Å². The number of anilines is 1. The summed E-state index contributed by atoms with van der Waals surface area (Å²) in [5.74, 6) is 0. The lowest BCUT2D eigenvalue weighted by Crippen LogP contribution is -2.31. The quantitative estimate of drug-likeness (QED) is 0.257. The molecule has 0 saturated heterocycles.